The summed E-state index contributed by atoms with van der Waals surface area (Å²) in [5, 5.41) is 9.85. The van der Waals surface area contributed by atoms with Crippen LogP contribution in [0.4, 0.5) is 0 Å². The summed E-state index contributed by atoms with van der Waals surface area (Å²) in [6.45, 7) is 4.21. The number of ether oxygens (including phenoxy) is 3. The molecule has 0 aromatic heterocycles. The zero-order chi connectivity index (χ0) is 59.8. The molecule has 0 heterocycles. The predicted octanol–water partition coefficient (Wildman–Crippen LogP) is 19.3. The van der Waals surface area contributed by atoms with Gasteiger partial charge in [-0.2, -0.15) is 0 Å². The standard InChI is InChI=1S/C70H111O11P/c1-4-7-10-13-16-19-22-25-28-31-33-36-38-41-44-47-50-53-56-59-68(72)77-63-67(81-70(74)61-58-55-52-49-46-43-40-37-34-32-29-26-23-20-17-14-11-8-5-2)65-79-82(75,76)78-64-66(62-71)80-69(73)60-57-54-51-48-45-42-39-35-30-27-24-21-18-15-12-9-6-3/h7-12,16-21,25-30,33-34,36-37,39,41-42,44,66-67,71H,4-6,13-15,22-24,31-32,35,38,40,43,45-65H2,1-3H3,(H,75,76)/b10-7-,11-8-,12-9-,19-16-,20-17-,21-18-,28-25-,29-26-,30-27-,36-33-,37-34-,42-39-,44-41-. The molecule has 0 aliphatic rings. The summed E-state index contributed by atoms with van der Waals surface area (Å²) in [7, 11) is -4.79. The van der Waals surface area contributed by atoms with Crippen LogP contribution >= 0.6 is 7.82 Å². The van der Waals surface area contributed by atoms with Gasteiger partial charge in [0.15, 0.2) is 6.10 Å². The van der Waals surface area contributed by atoms with Crippen molar-refractivity contribution >= 4 is 25.7 Å². The highest BCUT2D eigenvalue weighted by atomic mass is 31.2. The monoisotopic (exact) mass is 1160 g/mol. The maximum absolute atomic E-state index is 13.0. The molecule has 11 nitrogen and oxygen atoms in total. The van der Waals surface area contributed by atoms with Crippen LogP contribution in [-0.2, 0) is 42.2 Å². The van der Waals surface area contributed by atoms with E-state index in [0.717, 1.165) is 167 Å². The van der Waals surface area contributed by atoms with Gasteiger partial charge in [-0.1, -0.05) is 224 Å². The zero-order valence-electron chi connectivity index (χ0n) is 51.1. The van der Waals surface area contributed by atoms with Gasteiger partial charge in [-0.05, 0) is 141 Å². The van der Waals surface area contributed by atoms with E-state index in [4.69, 9.17) is 23.3 Å². The fourth-order valence-corrected chi connectivity index (χ4v) is 8.56. The molecular formula is C70H111O11P. The normalized spacial score (nSPS) is 14.4. The summed E-state index contributed by atoms with van der Waals surface area (Å²) in [5.41, 5.74) is 0. The number of esters is 3. The quantitative estimate of drug-likeness (QED) is 0.0197. The van der Waals surface area contributed by atoms with Crippen LogP contribution in [0.1, 0.15) is 226 Å². The molecule has 82 heavy (non-hydrogen) atoms. The molecule has 2 N–H and O–H groups in total. The second-order valence-corrected chi connectivity index (χ2v) is 21.5. The Morgan fingerprint density at radius 2 is 0.598 bits per heavy atom. The van der Waals surface area contributed by atoms with Crippen LogP contribution < -0.4 is 0 Å². The number of hydrogen-bond donors (Lipinski definition) is 2. The van der Waals surface area contributed by atoms with E-state index >= 15 is 0 Å². The van der Waals surface area contributed by atoms with Crippen molar-refractivity contribution in [3.8, 4) is 0 Å². The van der Waals surface area contributed by atoms with Crippen molar-refractivity contribution in [3.63, 3.8) is 0 Å². The molecule has 3 unspecified atom stereocenters. The molecule has 12 heteroatoms. The first kappa shape index (κ1) is 77.1. The molecule has 0 saturated carbocycles. The first-order chi connectivity index (χ1) is 40.2. The molecule has 0 saturated heterocycles. The van der Waals surface area contributed by atoms with E-state index < -0.39 is 57.8 Å². The van der Waals surface area contributed by atoms with Gasteiger partial charge in [0, 0.05) is 19.3 Å². The fourth-order valence-electron chi connectivity index (χ4n) is 7.78. The Hall–Kier alpha value is -4.90. The SMILES string of the molecule is CC/C=C\C/C=C\C/C=C\C/C=C\C/C=C\CCCCCC(=O)OCC(COP(=O)(O)OCC(CO)OC(=O)CCCCCC/C=C\C/C=C\C/C=C\C/C=C\CC)OC(=O)CCCCCCCC/C=C\C/C=C\C/C=C\C/C=C\CC. The number of allylic oxidation sites excluding steroid dienone is 26. The van der Waals surface area contributed by atoms with E-state index in [1.165, 1.54) is 0 Å². The predicted molar refractivity (Wildman–Crippen MR) is 343 cm³/mol. The van der Waals surface area contributed by atoms with Crippen LogP contribution in [0.2, 0.25) is 0 Å². The lowest BCUT2D eigenvalue weighted by Gasteiger charge is -2.21. The number of aliphatic hydroxyl groups excluding tert-OH is 1. The van der Waals surface area contributed by atoms with Crippen molar-refractivity contribution in [2.75, 3.05) is 26.4 Å². The summed E-state index contributed by atoms with van der Waals surface area (Å²) in [6, 6.07) is 0. The van der Waals surface area contributed by atoms with Gasteiger partial charge in [-0.25, -0.2) is 4.57 Å². The number of phosphoric ester groups is 1. The minimum absolute atomic E-state index is 0.132. The minimum atomic E-state index is -4.79. The van der Waals surface area contributed by atoms with Gasteiger partial charge in [-0.15, -0.1) is 0 Å². The summed E-state index contributed by atoms with van der Waals surface area (Å²) >= 11 is 0. The third kappa shape index (κ3) is 59.7. The molecule has 462 valence electrons. The van der Waals surface area contributed by atoms with Gasteiger partial charge in [0.05, 0.1) is 19.8 Å². The largest absolute Gasteiger partial charge is 0.472 e. The van der Waals surface area contributed by atoms with Gasteiger partial charge in [0.2, 0.25) is 0 Å². The van der Waals surface area contributed by atoms with Gasteiger partial charge >= 0.3 is 25.7 Å². The van der Waals surface area contributed by atoms with Crippen LogP contribution in [0.15, 0.2) is 158 Å². The van der Waals surface area contributed by atoms with Gasteiger partial charge in [0.25, 0.3) is 0 Å². The van der Waals surface area contributed by atoms with E-state index in [-0.39, 0.29) is 25.9 Å². The van der Waals surface area contributed by atoms with Crippen molar-refractivity contribution in [1.29, 1.82) is 0 Å². The average Bonchev–Trinajstić information content (AvgIpc) is 3.47. The highest BCUT2D eigenvalue weighted by Crippen LogP contribution is 2.43. The van der Waals surface area contributed by atoms with E-state index in [2.05, 4.69) is 179 Å². The Bertz CT molecular complexity index is 1980. The maximum atomic E-state index is 13.0. The van der Waals surface area contributed by atoms with Gasteiger partial charge in [0.1, 0.15) is 12.7 Å². The van der Waals surface area contributed by atoms with Crippen LogP contribution in [0.5, 0.6) is 0 Å². The van der Waals surface area contributed by atoms with Crippen molar-refractivity contribution in [1.82, 2.24) is 0 Å². The summed E-state index contributed by atoms with van der Waals surface area (Å²) in [5.74, 6) is -1.56. The lowest BCUT2D eigenvalue weighted by Crippen LogP contribution is -2.30. The molecule has 0 spiro atoms. The fraction of sp³-hybridized carbons (Fsp3) is 0.586. The smallest absolute Gasteiger partial charge is 0.462 e. The van der Waals surface area contributed by atoms with Gasteiger partial charge < -0.3 is 24.2 Å². The van der Waals surface area contributed by atoms with E-state index in [1.54, 1.807) is 0 Å². The first-order valence-corrected chi connectivity index (χ1v) is 32.9. The lowest BCUT2D eigenvalue weighted by molar-refractivity contribution is -0.161. The maximum Gasteiger partial charge on any atom is 0.472 e. The second kappa shape index (κ2) is 62.2. The lowest BCUT2D eigenvalue weighted by atomic mass is 10.1. The Morgan fingerprint density at radius 1 is 0.341 bits per heavy atom. The Morgan fingerprint density at radius 3 is 0.927 bits per heavy atom. The van der Waals surface area contributed by atoms with Crippen molar-refractivity contribution in [3.05, 3.63) is 158 Å². The number of hydrogen-bond acceptors (Lipinski definition) is 10. The summed E-state index contributed by atoms with van der Waals surface area (Å²) < 4.78 is 39.6. The molecular weight excluding hydrogens is 1050 g/mol. The number of aliphatic hydroxyl groups is 1. The topological polar surface area (TPSA) is 155 Å². The Labute approximate surface area is 498 Å². The number of phosphoric acid groups is 1. The van der Waals surface area contributed by atoms with Crippen LogP contribution in [0.3, 0.4) is 0 Å². The van der Waals surface area contributed by atoms with Crippen molar-refractivity contribution < 1.29 is 52.2 Å². The first-order valence-electron chi connectivity index (χ1n) is 31.4. The van der Waals surface area contributed by atoms with Crippen LogP contribution in [-0.4, -0.2) is 66.5 Å². The number of carbonyl (C=O) groups excluding carboxylic acids is 3. The summed E-state index contributed by atoms with van der Waals surface area (Å²) in [4.78, 5) is 48.8. The van der Waals surface area contributed by atoms with Crippen molar-refractivity contribution in [2.45, 2.75) is 238 Å². The average molecular weight is 1160 g/mol. The van der Waals surface area contributed by atoms with Crippen LogP contribution in [0.25, 0.3) is 0 Å². The third-order valence-corrected chi connectivity index (χ3v) is 13.4. The number of rotatable bonds is 56. The second-order valence-electron chi connectivity index (χ2n) is 20.1. The van der Waals surface area contributed by atoms with E-state index in [1.807, 2.05) is 0 Å². The molecule has 0 radical (unpaired) electrons. The van der Waals surface area contributed by atoms with Gasteiger partial charge in [-0.3, -0.25) is 23.4 Å². The Kier molecular flexibility index (Phi) is 58.4. The molecule has 0 aliphatic carbocycles. The molecule has 0 fully saturated rings. The number of unbranched alkanes of at least 4 members (excludes halogenated alkanes) is 13. The molecule has 0 amide bonds. The molecule has 0 aromatic carbocycles. The zero-order valence-corrected chi connectivity index (χ0v) is 52.0. The van der Waals surface area contributed by atoms with E-state index in [9.17, 15) is 28.9 Å². The van der Waals surface area contributed by atoms with Crippen LogP contribution in [0, 0.1) is 0 Å². The molecule has 3 atom stereocenters. The van der Waals surface area contributed by atoms with Crippen molar-refractivity contribution in [2.24, 2.45) is 0 Å². The minimum Gasteiger partial charge on any atom is -0.462 e. The Balaban J connectivity index is 4.85. The molecule has 0 aliphatic heterocycles. The third-order valence-electron chi connectivity index (χ3n) is 12.4. The molecule has 0 aromatic rings. The molecule has 0 bridgehead atoms. The summed E-state index contributed by atoms with van der Waals surface area (Å²) in [6.07, 6.45) is 81.9. The van der Waals surface area contributed by atoms with E-state index in [0.29, 0.717) is 19.3 Å². The molecule has 0 rings (SSSR count). The highest BCUT2D eigenvalue weighted by Gasteiger charge is 2.28. The highest BCUT2D eigenvalue weighted by molar-refractivity contribution is 7.47. The number of carbonyl (C=O) groups is 3.